The van der Waals surface area contributed by atoms with Crippen LogP contribution >= 0.6 is 0 Å². The average Bonchev–Trinajstić information content (AvgIpc) is 3.06. The fraction of sp³-hybridized carbons (Fsp3) is 0.565. The molecule has 0 saturated carbocycles. The van der Waals surface area contributed by atoms with Crippen molar-refractivity contribution in [3.05, 3.63) is 24.0 Å². The number of benzene rings is 1. The zero-order valence-corrected chi connectivity index (χ0v) is 17.8. The van der Waals surface area contributed by atoms with Gasteiger partial charge in [0.15, 0.2) is 5.82 Å². The van der Waals surface area contributed by atoms with Crippen molar-refractivity contribution < 1.29 is 9.47 Å². The molecule has 1 unspecified atom stereocenters. The topological polar surface area (TPSA) is 75.2 Å². The first-order valence-electron chi connectivity index (χ1n) is 10.9. The molecular weight excluding hydrogens is 364 g/mol. The molecule has 29 heavy (non-hydrogen) atoms. The summed E-state index contributed by atoms with van der Waals surface area (Å²) in [4.78, 5) is 9.50. The van der Waals surface area contributed by atoms with E-state index in [2.05, 4.69) is 36.4 Å². The largest absolute Gasteiger partial charge is 0.491 e. The number of pyridine rings is 1. The Morgan fingerprint density at radius 1 is 1.28 bits per heavy atom. The quantitative estimate of drug-likeness (QED) is 0.625. The van der Waals surface area contributed by atoms with Gasteiger partial charge in [-0.15, -0.1) is 0 Å². The maximum Gasteiger partial charge on any atom is 0.152 e. The van der Waals surface area contributed by atoms with Gasteiger partial charge < -0.3 is 19.8 Å². The monoisotopic (exact) mass is 396 g/mol. The van der Waals surface area contributed by atoms with E-state index in [0.29, 0.717) is 18.3 Å². The number of ether oxygens (including phenoxy) is 2. The first-order valence-corrected chi connectivity index (χ1v) is 10.9. The number of nitrogens with two attached hydrogens (primary N) is 1. The molecule has 6 heteroatoms. The number of aryl methyl sites for hydroxylation is 1. The van der Waals surface area contributed by atoms with Gasteiger partial charge in [0.2, 0.25) is 0 Å². The molecule has 156 valence electrons. The van der Waals surface area contributed by atoms with E-state index in [0.717, 1.165) is 72.3 Å². The Hall–Kier alpha value is -2.34. The number of nitrogens with zero attached hydrogens (tertiary/aromatic N) is 3. The summed E-state index contributed by atoms with van der Waals surface area (Å²) in [5.74, 6) is 2.90. The average molecular weight is 397 g/mol. The Balaban J connectivity index is 1.72. The van der Waals surface area contributed by atoms with E-state index in [9.17, 15) is 0 Å². The van der Waals surface area contributed by atoms with Gasteiger partial charge in [-0.25, -0.2) is 9.97 Å². The van der Waals surface area contributed by atoms with Gasteiger partial charge in [0.25, 0.3) is 0 Å². The fourth-order valence-corrected chi connectivity index (χ4v) is 4.13. The molecule has 0 bridgehead atoms. The van der Waals surface area contributed by atoms with Gasteiger partial charge >= 0.3 is 0 Å². The molecule has 2 aromatic heterocycles. The third-order valence-electron chi connectivity index (χ3n) is 5.49. The SMILES string of the molecule is CCCc1nc2c(N)nc3cc(OCC4CCCCO4)ccc3c2n1CC(C)C. The highest BCUT2D eigenvalue weighted by Crippen LogP contribution is 2.32. The molecule has 6 nitrogen and oxygen atoms in total. The fourth-order valence-electron chi connectivity index (χ4n) is 4.13. The number of aromatic nitrogens is 3. The molecule has 0 spiro atoms. The molecule has 1 aliphatic rings. The van der Waals surface area contributed by atoms with Crippen molar-refractivity contribution in [2.75, 3.05) is 18.9 Å². The van der Waals surface area contributed by atoms with Crippen molar-refractivity contribution in [3.8, 4) is 5.75 Å². The molecule has 4 rings (SSSR count). The number of anilines is 1. The predicted molar refractivity (Wildman–Crippen MR) is 117 cm³/mol. The molecule has 2 N–H and O–H groups in total. The van der Waals surface area contributed by atoms with Crippen molar-refractivity contribution in [2.24, 2.45) is 5.92 Å². The summed E-state index contributed by atoms with van der Waals surface area (Å²) in [6.07, 6.45) is 5.59. The molecule has 1 aromatic carbocycles. The highest BCUT2D eigenvalue weighted by molar-refractivity contribution is 6.06. The molecule has 3 heterocycles. The number of rotatable bonds is 7. The van der Waals surface area contributed by atoms with Crippen molar-refractivity contribution >= 4 is 27.8 Å². The van der Waals surface area contributed by atoms with Crippen LogP contribution in [0, 0.1) is 5.92 Å². The lowest BCUT2D eigenvalue weighted by Gasteiger charge is -2.22. The second-order valence-electron chi connectivity index (χ2n) is 8.46. The van der Waals surface area contributed by atoms with Crippen molar-refractivity contribution in [3.63, 3.8) is 0 Å². The van der Waals surface area contributed by atoms with Crippen LogP contribution in [0.2, 0.25) is 0 Å². The van der Waals surface area contributed by atoms with Crippen LogP contribution in [0.3, 0.4) is 0 Å². The lowest BCUT2D eigenvalue weighted by Crippen LogP contribution is -2.25. The van der Waals surface area contributed by atoms with Crippen LogP contribution in [0.1, 0.15) is 52.3 Å². The summed E-state index contributed by atoms with van der Waals surface area (Å²) in [5, 5.41) is 1.07. The van der Waals surface area contributed by atoms with E-state index >= 15 is 0 Å². The Bertz CT molecular complexity index is 990. The Morgan fingerprint density at radius 3 is 2.86 bits per heavy atom. The van der Waals surface area contributed by atoms with Gasteiger partial charge in [-0.1, -0.05) is 20.8 Å². The molecule has 1 fully saturated rings. The van der Waals surface area contributed by atoms with Crippen LogP contribution in [-0.4, -0.2) is 33.9 Å². The molecule has 1 saturated heterocycles. The lowest BCUT2D eigenvalue weighted by molar-refractivity contribution is -0.0110. The zero-order valence-electron chi connectivity index (χ0n) is 17.8. The van der Waals surface area contributed by atoms with E-state index in [1.165, 1.54) is 6.42 Å². The normalized spacial score (nSPS) is 17.4. The molecule has 0 aliphatic carbocycles. The molecular formula is C23H32N4O2. The summed E-state index contributed by atoms with van der Waals surface area (Å²) < 4.78 is 14.1. The smallest absolute Gasteiger partial charge is 0.152 e. The summed E-state index contributed by atoms with van der Waals surface area (Å²) in [5.41, 5.74) is 9.08. The molecule has 0 radical (unpaired) electrons. The van der Waals surface area contributed by atoms with E-state index in [1.807, 2.05) is 12.1 Å². The van der Waals surface area contributed by atoms with Crippen LogP contribution in [0.5, 0.6) is 5.75 Å². The summed E-state index contributed by atoms with van der Waals surface area (Å²) in [6, 6.07) is 6.10. The minimum Gasteiger partial charge on any atom is -0.491 e. The van der Waals surface area contributed by atoms with Crippen LogP contribution in [-0.2, 0) is 17.7 Å². The maximum atomic E-state index is 6.32. The minimum atomic E-state index is 0.184. The van der Waals surface area contributed by atoms with Crippen molar-refractivity contribution in [2.45, 2.75) is 65.5 Å². The van der Waals surface area contributed by atoms with E-state index < -0.39 is 0 Å². The lowest BCUT2D eigenvalue weighted by atomic mass is 10.1. The third-order valence-corrected chi connectivity index (χ3v) is 5.49. The summed E-state index contributed by atoms with van der Waals surface area (Å²) in [6.45, 7) is 8.97. The Morgan fingerprint density at radius 2 is 2.14 bits per heavy atom. The van der Waals surface area contributed by atoms with Gasteiger partial charge in [-0.05, 0) is 43.7 Å². The van der Waals surface area contributed by atoms with Gasteiger partial charge in [0.05, 0.1) is 17.1 Å². The van der Waals surface area contributed by atoms with Gasteiger partial charge in [0, 0.05) is 31.0 Å². The van der Waals surface area contributed by atoms with E-state index in [-0.39, 0.29) is 6.10 Å². The van der Waals surface area contributed by atoms with Crippen LogP contribution < -0.4 is 10.5 Å². The number of nitrogen functional groups attached to an aromatic ring is 1. The maximum absolute atomic E-state index is 6.32. The highest BCUT2D eigenvalue weighted by atomic mass is 16.5. The van der Waals surface area contributed by atoms with Gasteiger partial charge in [-0.3, -0.25) is 0 Å². The second kappa shape index (κ2) is 8.57. The van der Waals surface area contributed by atoms with Crippen LogP contribution in [0.15, 0.2) is 18.2 Å². The number of hydrogen-bond donors (Lipinski definition) is 1. The first kappa shape index (κ1) is 20.0. The number of imidazole rings is 1. The molecule has 3 aromatic rings. The van der Waals surface area contributed by atoms with E-state index in [4.69, 9.17) is 20.2 Å². The Kier molecular flexibility index (Phi) is 5.90. The standard InChI is InChI=1S/C23H32N4O2/c1-4-7-20-26-21-22(27(20)13-15(2)3)18-10-9-16(12-19(18)25-23(21)24)29-14-17-8-5-6-11-28-17/h9-10,12,15,17H,4-8,11,13-14H2,1-3H3,(H2,24,25). The molecule has 0 amide bonds. The molecule has 1 aliphatic heterocycles. The predicted octanol–water partition coefficient (Wildman–Crippen LogP) is 4.72. The first-order chi connectivity index (χ1) is 14.1. The Labute approximate surface area is 172 Å². The summed E-state index contributed by atoms with van der Waals surface area (Å²) >= 11 is 0. The minimum absolute atomic E-state index is 0.184. The number of hydrogen-bond acceptors (Lipinski definition) is 5. The van der Waals surface area contributed by atoms with Crippen molar-refractivity contribution in [1.82, 2.24) is 14.5 Å². The van der Waals surface area contributed by atoms with Crippen molar-refractivity contribution in [1.29, 1.82) is 0 Å². The van der Waals surface area contributed by atoms with Crippen LogP contribution in [0.4, 0.5) is 5.82 Å². The summed E-state index contributed by atoms with van der Waals surface area (Å²) in [7, 11) is 0. The second-order valence-corrected chi connectivity index (χ2v) is 8.46. The van der Waals surface area contributed by atoms with Gasteiger partial charge in [0.1, 0.15) is 23.7 Å². The van der Waals surface area contributed by atoms with Crippen LogP contribution in [0.25, 0.3) is 21.9 Å². The van der Waals surface area contributed by atoms with Gasteiger partial charge in [-0.2, -0.15) is 0 Å². The van der Waals surface area contributed by atoms with E-state index in [1.54, 1.807) is 0 Å². The zero-order chi connectivity index (χ0) is 20.4. The highest BCUT2D eigenvalue weighted by Gasteiger charge is 2.19. The molecule has 1 atom stereocenters. The number of fused-ring (bicyclic) bond motifs is 3. The third kappa shape index (κ3) is 4.17.